The Kier molecular flexibility index (Phi) is 22.3. The molecule has 0 aliphatic carbocycles. The molecular formula is C34H62N6O10. The van der Waals surface area contributed by atoms with Crippen molar-refractivity contribution in [3.63, 3.8) is 0 Å². The van der Waals surface area contributed by atoms with Crippen LogP contribution in [0.3, 0.4) is 0 Å². The van der Waals surface area contributed by atoms with E-state index in [1.165, 1.54) is 6.92 Å². The first-order valence-electron chi connectivity index (χ1n) is 17.0. The van der Waals surface area contributed by atoms with E-state index < -0.39 is 60.2 Å². The zero-order valence-electron chi connectivity index (χ0n) is 31.7. The number of esters is 1. The molecule has 4 amide bonds. The highest BCUT2D eigenvalue weighted by atomic mass is 16.6. The Morgan fingerprint density at radius 2 is 0.880 bits per heavy atom. The molecule has 0 aliphatic heterocycles. The first-order valence-corrected chi connectivity index (χ1v) is 17.0. The molecule has 0 saturated carbocycles. The number of ether oxygens (including phenoxy) is 5. The van der Waals surface area contributed by atoms with Gasteiger partial charge in [0, 0.05) is 26.2 Å². The first kappa shape index (κ1) is 46.0. The molecule has 0 bridgehead atoms. The van der Waals surface area contributed by atoms with E-state index in [1.807, 2.05) is 14.1 Å². The molecule has 50 heavy (non-hydrogen) atoms. The van der Waals surface area contributed by atoms with E-state index in [9.17, 15) is 24.0 Å². The predicted molar refractivity (Wildman–Crippen MR) is 189 cm³/mol. The lowest BCUT2D eigenvalue weighted by molar-refractivity contribution is -0.158. The van der Waals surface area contributed by atoms with Crippen molar-refractivity contribution in [3.05, 3.63) is 0 Å². The molecule has 0 aromatic carbocycles. The van der Waals surface area contributed by atoms with Crippen LogP contribution in [0.15, 0.2) is 0 Å². The normalized spacial score (nSPS) is 11.6. The number of carbonyl (C=O) groups excluding carboxylic acids is 5. The third kappa shape index (κ3) is 26.0. The highest BCUT2D eigenvalue weighted by Gasteiger charge is 2.38. The van der Waals surface area contributed by atoms with Gasteiger partial charge in [-0.1, -0.05) is 5.92 Å². The molecule has 0 saturated heterocycles. The predicted octanol–water partition coefficient (Wildman–Crippen LogP) is 3.09. The van der Waals surface area contributed by atoms with Gasteiger partial charge in [-0.15, -0.1) is 6.42 Å². The van der Waals surface area contributed by atoms with Crippen LogP contribution in [0.5, 0.6) is 0 Å². The smallest absolute Gasteiger partial charge is 0.407 e. The molecule has 16 nitrogen and oxygen atoms in total. The average Bonchev–Trinajstić information content (AvgIpc) is 3.00. The van der Waals surface area contributed by atoms with Crippen molar-refractivity contribution in [2.75, 3.05) is 86.3 Å². The van der Waals surface area contributed by atoms with E-state index in [4.69, 9.17) is 30.1 Å². The van der Waals surface area contributed by atoms with Gasteiger partial charge in [0.25, 0.3) is 0 Å². The van der Waals surface area contributed by atoms with Crippen molar-refractivity contribution in [2.45, 2.75) is 85.4 Å². The summed E-state index contributed by atoms with van der Waals surface area (Å²) in [5.74, 6) is 1.43. The Bertz CT molecular complexity index is 1020. The van der Waals surface area contributed by atoms with E-state index in [1.54, 1.807) is 41.5 Å². The lowest BCUT2D eigenvalue weighted by atomic mass is 9.93. The van der Waals surface area contributed by atoms with Crippen LogP contribution in [-0.2, 0) is 28.5 Å². The van der Waals surface area contributed by atoms with Crippen molar-refractivity contribution in [3.8, 4) is 12.3 Å². The maximum atomic E-state index is 12.7. The molecule has 0 heterocycles. The summed E-state index contributed by atoms with van der Waals surface area (Å²) in [7, 11) is 3.87. The lowest BCUT2D eigenvalue weighted by Gasteiger charge is -2.26. The van der Waals surface area contributed by atoms with Crippen LogP contribution in [0.25, 0.3) is 0 Å². The van der Waals surface area contributed by atoms with Crippen molar-refractivity contribution in [1.29, 1.82) is 0 Å². The van der Waals surface area contributed by atoms with Gasteiger partial charge in [0.05, 0.1) is 0 Å². The van der Waals surface area contributed by atoms with Gasteiger partial charge in [-0.25, -0.2) is 19.2 Å². The van der Waals surface area contributed by atoms with Crippen LogP contribution in [0.1, 0.15) is 74.1 Å². The van der Waals surface area contributed by atoms with Crippen LogP contribution in [0.2, 0.25) is 0 Å². The van der Waals surface area contributed by atoms with Gasteiger partial charge in [0.2, 0.25) is 0 Å². The molecule has 0 rings (SSSR count). The molecule has 0 aromatic rings. The van der Waals surface area contributed by atoms with Gasteiger partial charge in [-0.3, -0.25) is 4.79 Å². The van der Waals surface area contributed by atoms with Crippen molar-refractivity contribution < 1.29 is 47.7 Å². The standard InChI is InChI=1S/C34H62N6O10/c1-11-24-46-27(41)34(8,25-47-28(42)35-16-12-20-39(9)22-14-18-37-30(44)49-32(2,3)4)26-48-29(43)36-17-13-21-40(10)23-15-19-38-31(45)50-33(5,6)7/h1H,12-26H2,2-10H3,(H,35,42)(H,36,43)(H,37,44)(H,38,45). The Morgan fingerprint density at radius 3 is 1.18 bits per heavy atom. The quantitative estimate of drug-likeness (QED) is 0.0557. The second kappa shape index (κ2) is 24.2. The Hall–Kier alpha value is -3.97. The summed E-state index contributed by atoms with van der Waals surface area (Å²) < 4.78 is 26.0. The van der Waals surface area contributed by atoms with Gasteiger partial charge in [-0.05, 0) is 114 Å². The highest BCUT2D eigenvalue weighted by Crippen LogP contribution is 2.20. The molecule has 0 unspecified atom stereocenters. The summed E-state index contributed by atoms with van der Waals surface area (Å²) in [6, 6.07) is 0. The summed E-state index contributed by atoms with van der Waals surface area (Å²) >= 11 is 0. The van der Waals surface area contributed by atoms with Crippen molar-refractivity contribution in [2.24, 2.45) is 5.41 Å². The number of nitrogens with one attached hydrogen (secondary N) is 4. The summed E-state index contributed by atoms with van der Waals surface area (Å²) in [6.07, 6.45) is 5.57. The van der Waals surface area contributed by atoms with Gasteiger partial charge in [0.15, 0.2) is 6.61 Å². The number of nitrogens with zero attached hydrogens (tertiary/aromatic N) is 2. The third-order valence-electron chi connectivity index (χ3n) is 6.56. The number of terminal acetylenes is 1. The number of amides is 4. The van der Waals surface area contributed by atoms with Gasteiger partial charge >= 0.3 is 30.3 Å². The second-order valence-electron chi connectivity index (χ2n) is 14.2. The molecule has 0 fully saturated rings. The molecule has 0 aliphatic rings. The molecule has 0 radical (unpaired) electrons. The molecule has 0 aromatic heterocycles. The summed E-state index contributed by atoms with van der Waals surface area (Å²) in [5, 5.41) is 10.7. The third-order valence-corrected chi connectivity index (χ3v) is 6.56. The number of hydrogen-bond donors (Lipinski definition) is 4. The molecule has 0 atom stereocenters. The maximum absolute atomic E-state index is 12.7. The first-order chi connectivity index (χ1) is 23.3. The van der Waals surface area contributed by atoms with E-state index in [-0.39, 0.29) is 6.61 Å². The number of carbonyl (C=O) groups is 5. The van der Waals surface area contributed by atoms with Crippen molar-refractivity contribution >= 4 is 30.3 Å². The molecular weight excluding hydrogens is 652 g/mol. The number of rotatable bonds is 22. The summed E-state index contributed by atoms with van der Waals surface area (Å²) in [4.78, 5) is 65.0. The largest absolute Gasteiger partial charge is 0.452 e. The fraction of sp³-hybridized carbons (Fsp3) is 0.794. The van der Waals surface area contributed by atoms with Crippen molar-refractivity contribution in [1.82, 2.24) is 31.1 Å². The zero-order chi connectivity index (χ0) is 38.2. The van der Waals surface area contributed by atoms with Crippen LogP contribution >= 0.6 is 0 Å². The minimum absolute atomic E-state index is 0.290. The Labute approximate surface area is 298 Å². The fourth-order valence-electron chi connectivity index (χ4n) is 4.00. The Balaban J connectivity index is 4.41. The minimum atomic E-state index is -1.49. The summed E-state index contributed by atoms with van der Waals surface area (Å²) in [6.45, 7) is 15.6. The van der Waals surface area contributed by atoms with E-state index >= 15 is 0 Å². The zero-order valence-corrected chi connectivity index (χ0v) is 31.7. The number of alkyl carbamates (subject to hydrolysis) is 4. The maximum Gasteiger partial charge on any atom is 0.407 e. The highest BCUT2D eigenvalue weighted by molar-refractivity contribution is 5.78. The van der Waals surface area contributed by atoms with E-state index in [2.05, 4.69) is 37.0 Å². The van der Waals surface area contributed by atoms with Crippen LogP contribution in [0.4, 0.5) is 19.2 Å². The SMILES string of the molecule is C#CCOC(=O)C(C)(COC(=O)NCCCN(C)CCCNC(=O)OC(C)(C)C)COC(=O)NCCCN(C)CCCNC(=O)OC(C)(C)C. The summed E-state index contributed by atoms with van der Waals surface area (Å²) in [5.41, 5.74) is -2.59. The van der Waals surface area contributed by atoms with Crippen LogP contribution < -0.4 is 21.3 Å². The Morgan fingerprint density at radius 1 is 0.560 bits per heavy atom. The molecule has 4 N–H and O–H groups in total. The minimum Gasteiger partial charge on any atom is -0.452 e. The topological polar surface area (TPSA) is 186 Å². The monoisotopic (exact) mass is 714 g/mol. The average molecular weight is 715 g/mol. The number of hydrogen-bond acceptors (Lipinski definition) is 12. The molecule has 0 spiro atoms. The van der Waals surface area contributed by atoms with E-state index in [0.29, 0.717) is 52.1 Å². The van der Waals surface area contributed by atoms with Gasteiger partial charge in [-0.2, -0.15) is 0 Å². The van der Waals surface area contributed by atoms with E-state index in [0.717, 1.165) is 25.9 Å². The van der Waals surface area contributed by atoms with Crippen LogP contribution in [0, 0.1) is 17.8 Å². The second-order valence-corrected chi connectivity index (χ2v) is 14.2. The van der Waals surface area contributed by atoms with Crippen LogP contribution in [-0.4, -0.2) is 138 Å². The molecule has 288 valence electrons. The van der Waals surface area contributed by atoms with Gasteiger partial charge in [0.1, 0.15) is 29.8 Å². The molecule has 16 heteroatoms. The van der Waals surface area contributed by atoms with Gasteiger partial charge < -0.3 is 54.8 Å². The fourth-order valence-corrected chi connectivity index (χ4v) is 4.00. The lowest BCUT2D eigenvalue weighted by Crippen LogP contribution is -2.43.